The molecule has 0 aromatic heterocycles. The molecular weight excluding hydrogens is 186 g/mol. The molecule has 0 atom stereocenters. The highest BCUT2D eigenvalue weighted by Gasteiger charge is 2.26. The van der Waals surface area contributed by atoms with Crippen molar-refractivity contribution in [2.24, 2.45) is 5.73 Å². The van der Waals surface area contributed by atoms with Crippen LogP contribution in [0, 0.1) is 0 Å². The van der Waals surface area contributed by atoms with E-state index >= 15 is 0 Å². The van der Waals surface area contributed by atoms with Gasteiger partial charge in [0.15, 0.2) is 0 Å². The van der Waals surface area contributed by atoms with Crippen LogP contribution in [0.15, 0.2) is 0 Å². The summed E-state index contributed by atoms with van der Waals surface area (Å²) in [7, 11) is 1.58. The molecule has 0 saturated carbocycles. The Hall–Kier alpha value is -1.59. The second-order valence-corrected chi connectivity index (χ2v) is 3.28. The van der Waals surface area contributed by atoms with E-state index in [0.29, 0.717) is 0 Å². The summed E-state index contributed by atoms with van der Waals surface area (Å²) in [5.74, 6) is -0.730. The summed E-state index contributed by atoms with van der Waals surface area (Å²) in [4.78, 5) is 35.8. The summed E-state index contributed by atoms with van der Waals surface area (Å²) < 4.78 is 0. The van der Waals surface area contributed by atoms with E-state index in [0.717, 1.165) is 0 Å². The van der Waals surface area contributed by atoms with Gasteiger partial charge in [-0.2, -0.15) is 0 Å². The molecule has 6 heteroatoms. The lowest BCUT2D eigenvalue weighted by molar-refractivity contribution is -0.149. The summed E-state index contributed by atoms with van der Waals surface area (Å²) in [5, 5.41) is 0. The van der Waals surface area contributed by atoms with Crippen molar-refractivity contribution >= 4 is 17.7 Å². The Balaban J connectivity index is 2.49. The van der Waals surface area contributed by atoms with Crippen molar-refractivity contribution in [3.63, 3.8) is 0 Å². The van der Waals surface area contributed by atoms with Crippen LogP contribution in [0.25, 0.3) is 0 Å². The highest BCUT2D eigenvalue weighted by Crippen LogP contribution is 2.02. The summed E-state index contributed by atoms with van der Waals surface area (Å²) in [6, 6.07) is 0. The van der Waals surface area contributed by atoms with Gasteiger partial charge in [-0.05, 0) is 0 Å². The predicted octanol–water partition coefficient (Wildman–Crippen LogP) is -1.84. The van der Waals surface area contributed by atoms with E-state index in [1.807, 2.05) is 0 Å². The predicted molar refractivity (Wildman–Crippen MR) is 48.0 cm³/mol. The van der Waals surface area contributed by atoms with Crippen LogP contribution in [0.3, 0.4) is 0 Å². The van der Waals surface area contributed by atoms with Crippen LogP contribution in [0.2, 0.25) is 0 Å². The minimum absolute atomic E-state index is 0.0443. The number of piperazine rings is 1. The smallest absolute Gasteiger partial charge is 0.242 e. The summed E-state index contributed by atoms with van der Waals surface area (Å²) in [6.07, 6.45) is 0.0999. The fourth-order valence-electron chi connectivity index (χ4n) is 1.21. The lowest BCUT2D eigenvalue weighted by Crippen LogP contribution is -2.52. The number of nitrogens with two attached hydrogens (primary N) is 1. The van der Waals surface area contributed by atoms with Crippen LogP contribution in [0.5, 0.6) is 0 Å². The normalized spacial score (nSPS) is 17.5. The van der Waals surface area contributed by atoms with Crippen LogP contribution in [0.1, 0.15) is 6.42 Å². The molecule has 6 nitrogen and oxygen atoms in total. The van der Waals surface area contributed by atoms with Crippen molar-refractivity contribution in [3.8, 4) is 0 Å². The molecule has 1 rings (SSSR count). The van der Waals surface area contributed by atoms with Crippen LogP contribution in [0.4, 0.5) is 0 Å². The Kier molecular flexibility index (Phi) is 3.06. The van der Waals surface area contributed by atoms with Crippen LogP contribution < -0.4 is 5.73 Å². The maximum absolute atomic E-state index is 11.3. The summed E-state index contributed by atoms with van der Waals surface area (Å²) >= 11 is 0. The highest BCUT2D eigenvalue weighted by atomic mass is 16.2. The fourth-order valence-corrected chi connectivity index (χ4v) is 1.21. The average Bonchev–Trinajstić information content (AvgIpc) is 2.09. The molecule has 1 fully saturated rings. The molecule has 3 amide bonds. The first-order valence-corrected chi connectivity index (χ1v) is 4.30. The lowest BCUT2D eigenvalue weighted by atomic mass is 10.3. The second-order valence-electron chi connectivity index (χ2n) is 3.28. The van der Waals surface area contributed by atoms with Crippen molar-refractivity contribution in [3.05, 3.63) is 0 Å². The first kappa shape index (κ1) is 10.5. The number of rotatable bonds is 3. The first-order chi connectivity index (χ1) is 6.50. The zero-order valence-electron chi connectivity index (χ0n) is 8.02. The molecule has 0 spiro atoms. The van der Waals surface area contributed by atoms with Gasteiger partial charge in [-0.25, -0.2) is 0 Å². The molecule has 0 aromatic carbocycles. The Morgan fingerprint density at radius 2 is 2.00 bits per heavy atom. The van der Waals surface area contributed by atoms with Crippen molar-refractivity contribution in [1.82, 2.24) is 9.80 Å². The van der Waals surface area contributed by atoms with Gasteiger partial charge in [0.1, 0.15) is 0 Å². The Morgan fingerprint density at radius 3 is 2.57 bits per heavy atom. The minimum atomic E-state index is -0.468. The number of carbonyl (C=O) groups is 3. The molecule has 78 valence electrons. The zero-order chi connectivity index (χ0) is 10.7. The van der Waals surface area contributed by atoms with Crippen LogP contribution in [-0.4, -0.2) is 54.2 Å². The number of amides is 3. The third kappa shape index (κ3) is 2.45. The number of primary amides is 1. The SMILES string of the molecule is CN1CC(=O)N(CCC(N)=O)CC1=O. The average molecular weight is 199 g/mol. The van der Waals surface area contributed by atoms with Gasteiger partial charge >= 0.3 is 0 Å². The number of likely N-dealkylation sites (N-methyl/N-ethyl adjacent to an activating group) is 1. The van der Waals surface area contributed by atoms with E-state index in [1.165, 1.54) is 9.80 Å². The molecule has 0 aromatic rings. The van der Waals surface area contributed by atoms with Gasteiger partial charge in [0.25, 0.3) is 0 Å². The molecule has 2 N–H and O–H groups in total. The van der Waals surface area contributed by atoms with Gasteiger partial charge in [0, 0.05) is 20.0 Å². The molecule has 0 radical (unpaired) electrons. The molecule has 1 saturated heterocycles. The van der Waals surface area contributed by atoms with Crippen molar-refractivity contribution in [1.29, 1.82) is 0 Å². The third-order valence-corrected chi connectivity index (χ3v) is 2.11. The quantitative estimate of drug-likeness (QED) is 0.580. The Bertz CT molecular complexity index is 277. The molecule has 0 bridgehead atoms. The van der Waals surface area contributed by atoms with Crippen LogP contribution >= 0.6 is 0 Å². The van der Waals surface area contributed by atoms with Gasteiger partial charge < -0.3 is 15.5 Å². The van der Waals surface area contributed by atoms with Crippen molar-refractivity contribution < 1.29 is 14.4 Å². The lowest BCUT2D eigenvalue weighted by Gasteiger charge is -2.31. The van der Waals surface area contributed by atoms with Gasteiger partial charge in [0.05, 0.1) is 13.1 Å². The van der Waals surface area contributed by atoms with E-state index in [2.05, 4.69) is 0 Å². The van der Waals surface area contributed by atoms with E-state index in [1.54, 1.807) is 7.05 Å². The van der Waals surface area contributed by atoms with E-state index in [4.69, 9.17) is 5.73 Å². The Labute approximate surface area is 81.6 Å². The van der Waals surface area contributed by atoms with Gasteiger partial charge in [-0.15, -0.1) is 0 Å². The van der Waals surface area contributed by atoms with E-state index in [9.17, 15) is 14.4 Å². The zero-order valence-corrected chi connectivity index (χ0v) is 8.02. The minimum Gasteiger partial charge on any atom is -0.370 e. The molecule has 1 aliphatic heterocycles. The molecular formula is C8H13N3O3. The number of hydrogen-bond donors (Lipinski definition) is 1. The molecule has 14 heavy (non-hydrogen) atoms. The fraction of sp³-hybridized carbons (Fsp3) is 0.625. The number of carbonyl (C=O) groups excluding carboxylic acids is 3. The summed E-state index contributed by atoms with van der Waals surface area (Å²) in [6.45, 7) is 0.355. The second kappa shape index (κ2) is 4.08. The molecule has 1 aliphatic rings. The van der Waals surface area contributed by atoms with Gasteiger partial charge in [-0.3, -0.25) is 14.4 Å². The maximum atomic E-state index is 11.3. The Morgan fingerprint density at radius 1 is 1.36 bits per heavy atom. The van der Waals surface area contributed by atoms with Gasteiger partial charge in [0.2, 0.25) is 17.7 Å². The van der Waals surface area contributed by atoms with Crippen molar-refractivity contribution in [2.45, 2.75) is 6.42 Å². The highest BCUT2D eigenvalue weighted by molar-refractivity contribution is 5.92. The maximum Gasteiger partial charge on any atom is 0.242 e. The monoisotopic (exact) mass is 199 g/mol. The molecule has 1 heterocycles. The molecule has 0 aliphatic carbocycles. The number of nitrogens with zero attached hydrogens (tertiary/aromatic N) is 2. The largest absolute Gasteiger partial charge is 0.370 e. The van der Waals surface area contributed by atoms with E-state index in [-0.39, 0.29) is 37.9 Å². The number of hydrogen-bond acceptors (Lipinski definition) is 3. The third-order valence-electron chi connectivity index (χ3n) is 2.11. The van der Waals surface area contributed by atoms with Crippen LogP contribution in [-0.2, 0) is 14.4 Å². The topological polar surface area (TPSA) is 83.7 Å². The standard InChI is InChI=1S/C8H13N3O3/c1-10-4-8(14)11(5-7(10)13)3-2-6(9)12/h2-5H2,1H3,(H2,9,12). The summed E-state index contributed by atoms with van der Waals surface area (Å²) in [5.41, 5.74) is 4.94. The van der Waals surface area contributed by atoms with Gasteiger partial charge in [-0.1, -0.05) is 0 Å². The van der Waals surface area contributed by atoms with Crippen molar-refractivity contribution in [2.75, 3.05) is 26.7 Å². The molecule has 0 unspecified atom stereocenters. The first-order valence-electron chi connectivity index (χ1n) is 4.30. The van der Waals surface area contributed by atoms with E-state index < -0.39 is 5.91 Å².